The van der Waals surface area contributed by atoms with Crippen LogP contribution in [0.25, 0.3) is 22.2 Å². The zero-order chi connectivity index (χ0) is 15.4. The van der Waals surface area contributed by atoms with Gasteiger partial charge in [0.05, 0.1) is 11.1 Å². The van der Waals surface area contributed by atoms with Crippen LogP contribution in [-0.4, -0.2) is 21.3 Å². The van der Waals surface area contributed by atoms with Gasteiger partial charge in [0.1, 0.15) is 11.5 Å². The Morgan fingerprint density at radius 2 is 1.95 bits per heavy atom. The maximum atomic E-state index is 13.2. The van der Waals surface area contributed by atoms with Gasteiger partial charge in [-0.3, -0.25) is 5.10 Å². The second kappa shape index (κ2) is 6.00. The zero-order valence-electron chi connectivity index (χ0n) is 11.1. The number of aromatic amines is 1. The summed E-state index contributed by atoms with van der Waals surface area (Å²) < 4.78 is 13.2. The van der Waals surface area contributed by atoms with E-state index >= 15 is 0 Å². The van der Waals surface area contributed by atoms with Gasteiger partial charge in [-0.15, -0.1) is 13.2 Å². The summed E-state index contributed by atoms with van der Waals surface area (Å²) >= 11 is 0. The third kappa shape index (κ3) is 2.81. The van der Waals surface area contributed by atoms with E-state index in [0.717, 1.165) is 0 Å². The minimum atomic E-state index is -1.01. The van der Waals surface area contributed by atoms with Gasteiger partial charge in [0.15, 0.2) is 0 Å². The van der Waals surface area contributed by atoms with Gasteiger partial charge in [0.2, 0.25) is 0 Å². The molecule has 0 atom stereocenters. The molecule has 0 fully saturated rings. The smallest absolute Gasteiger partial charge is 0.335 e. The topological polar surface area (TPSA) is 66.0 Å². The summed E-state index contributed by atoms with van der Waals surface area (Å²) in [7, 11) is 0. The van der Waals surface area contributed by atoms with E-state index in [4.69, 9.17) is 5.11 Å². The first-order chi connectivity index (χ1) is 10.1. The van der Waals surface area contributed by atoms with Crippen molar-refractivity contribution in [3.63, 3.8) is 0 Å². The number of benzene rings is 2. The molecule has 0 radical (unpaired) electrons. The van der Waals surface area contributed by atoms with Crippen molar-refractivity contribution in [1.82, 2.24) is 10.2 Å². The van der Waals surface area contributed by atoms with Crippen LogP contribution in [0.3, 0.4) is 0 Å². The van der Waals surface area contributed by atoms with Crippen molar-refractivity contribution in [2.75, 3.05) is 0 Å². The highest BCUT2D eigenvalue weighted by atomic mass is 19.1. The minimum Gasteiger partial charge on any atom is -0.478 e. The lowest BCUT2D eigenvalue weighted by Gasteiger charge is -1.99. The number of H-pyrrole nitrogens is 1. The molecule has 0 saturated carbocycles. The van der Waals surface area contributed by atoms with Crippen LogP contribution in [0.2, 0.25) is 0 Å². The van der Waals surface area contributed by atoms with Crippen molar-refractivity contribution in [2.24, 2.45) is 0 Å². The summed E-state index contributed by atoms with van der Waals surface area (Å²) in [6.07, 6.45) is 0. The third-order valence-electron chi connectivity index (χ3n) is 2.91. The molecule has 3 aromatic rings. The van der Waals surface area contributed by atoms with Gasteiger partial charge in [0, 0.05) is 10.9 Å². The first-order valence-corrected chi connectivity index (χ1v) is 6.12. The zero-order valence-corrected chi connectivity index (χ0v) is 11.1. The number of aromatic carboxylic acids is 1. The maximum Gasteiger partial charge on any atom is 0.335 e. The van der Waals surface area contributed by atoms with Gasteiger partial charge in [0.25, 0.3) is 0 Å². The molecular weight excluding hydrogens is 271 g/mol. The highest BCUT2D eigenvalue weighted by Crippen LogP contribution is 2.27. The molecule has 0 amide bonds. The number of nitrogens with zero attached hydrogens (tertiary/aromatic N) is 1. The second-order valence-electron chi connectivity index (χ2n) is 4.15. The van der Waals surface area contributed by atoms with Crippen molar-refractivity contribution in [3.8, 4) is 11.3 Å². The van der Waals surface area contributed by atoms with Crippen LogP contribution >= 0.6 is 0 Å². The number of rotatable bonds is 2. The van der Waals surface area contributed by atoms with Crippen molar-refractivity contribution >= 4 is 16.9 Å². The van der Waals surface area contributed by atoms with E-state index in [1.807, 2.05) is 0 Å². The number of hydrogen-bond donors (Lipinski definition) is 2. The van der Waals surface area contributed by atoms with E-state index in [1.165, 1.54) is 24.3 Å². The molecule has 3 rings (SSSR count). The molecule has 0 aliphatic carbocycles. The van der Waals surface area contributed by atoms with Gasteiger partial charge in [-0.05, 0) is 30.3 Å². The number of aromatic nitrogens is 2. The van der Waals surface area contributed by atoms with E-state index in [-0.39, 0.29) is 11.4 Å². The summed E-state index contributed by atoms with van der Waals surface area (Å²) in [5.74, 6) is -1.36. The van der Waals surface area contributed by atoms with Gasteiger partial charge in [-0.1, -0.05) is 12.1 Å². The van der Waals surface area contributed by atoms with Crippen molar-refractivity contribution in [3.05, 3.63) is 67.0 Å². The van der Waals surface area contributed by atoms with Crippen molar-refractivity contribution < 1.29 is 14.3 Å². The van der Waals surface area contributed by atoms with Crippen LogP contribution < -0.4 is 0 Å². The molecule has 0 aliphatic rings. The Morgan fingerprint density at radius 1 is 1.19 bits per heavy atom. The highest BCUT2D eigenvalue weighted by Gasteiger charge is 2.11. The van der Waals surface area contributed by atoms with Crippen LogP contribution in [0, 0.1) is 5.82 Å². The molecule has 2 N–H and O–H groups in total. The van der Waals surface area contributed by atoms with Gasteiger partial charge in [-0.2, -0.15) is 5.10 Å². The SMILES string of the molecule is C=C.O=C(O)c1ccc2[nH]nc(-c3cccc(F)c3)c2c1. The molecule has 0 saturated heterocycles. The predicted octanol–water partition coefficient (Wildman–Crippen LogP) is 3.87. The number of halogens is 1. The molecule has 5 heteroatoms. The van der Waals surface area contributed by atoms with Crippen LogP contribution in [0.5, 0.6) is 0 Å². The molecule has 1 heterocycles. The van der Waals surface area contributed by atoms with E-state index in [0.29, 0.717) is 22.2 Å². The summed E-state index contributed by atoms with van der Waals surface area (Å²) in [5, 5.41) is 16.6. The van der Waals surface area contributed by atoms with E-state index in [9.17, 15) is 9.18 Å². The molecule has 1 aromatic heterocycles. The largest absolute Gasteiger partial charge is 0.478 e. The fourth-order valence-electron chi connectivity index (χ4n) is 2.00. The maximum absolute atomic E-state index is 13.2. The Balaban J connectivity index is 0.000000774. The Morgan fingerprint density at radius 3 is 2.62 bits per heavy atom. The van der Waals surface area contributed by atoms with Gasteiger partial charge >= 0.3 is 5.97 Å². The van der Waals surface area contributed by atoms with E-state index in [1.54, 1.807) is 18.2 Å². The lowest BCUT2D eigenvalue weighted by molar-refractivity contribution is 0.0697. The third-order valence-corrected chi connectivity index (χ3v) is 2.91. The van der Waals surface area contributed by atoms with Crippen LogP contribution in [0.4, 0.5) is 4.39 Å². The number of carboxylic acids is 1. The molecule has 0 spiro atoms. The average molecular weight is 284 g/mol. The lowest BCUT2D eigenvalue weighted by atomic mass is 10.1. The molecule has 2 aromatic carbocycles. The number of carbonyl (C=O) groups is 1. The van der Waals surface area contributed by atoms with Crippen LogP contribution in [0.15, 0.2) is 55.6 Å². The van der Waals surface area contributed by atoms with Gasteiger partial charge in [-0.25, -0.2) is 9.18 Å². The van der Waals surface area contributed by atoms with Crippen molar-refractivity contribution in [1.29, 1.82) is 0 Å². The quantitative estimate of drug-likeness (QED) is 0.702. The van der Waals surface area contributed by atoms with Crippen molar-refractivity contribution in [2.45, 2.75) is 0 Å². The van der Waals surface area contributed by atoms with E-state index in [2.05, 4.69) is 23.4 Å². The summed E-state index contributed by atoms with van der Waals surface area (Å²) in [4.78, 5) is 11.0. The Hall–Kier alpha value is -2.95. The van der Waals surface area contributed by atoms with Crippen LogP contribution in [-0.2, 0) is 0 Å². The van der Waals surface area contributed by atoms with E-state index < -0.39 is 5.97 Å². The molecule has 0 aliphatic heterocycles. The molecule has 21 heavy (non-hydrogen) atoms. The minimum absolute atomic E-state index is 0.173. The van der Waals surface area contributed by atoms with Crippen LogP contribution in [0.1, 0.15) is 10.4 Å². The normalized spacial score (nSPS) is 9.95. The number of carboxylic acid groups (broad SMARTS) is 1. The molecule has 4 nitrogen and oxygen atoms in total. The summed E-state index contributed by atoms with van der Waals surface area (Å²) in [5.41, 5.74) is 2.03. The first kappa shape index (κ1) is 14.5. The molecule has 106 valence electrons. The molecular formula is C16H13FN2O2. The highest BCUT2D eigenvalue weighted by molar-refractivity contribution is 5.98. The molecule has 0 bridgehead atoms. The fraction of sp³-hybridized carbons (Fsp3) is 0. The second-order valence-corrected chi connectivity index (χ2v) is 4.15. The summed E-state index contributed by atoms with van der Waals surface area (Å²) in [6, 6.07) is 10.7. The lowest BCUT2D eigenvalue weighted by Crippen LogP contribution is -1.94. The Kier molecular flexibility index (Phi) is 4.13. The molecule has 0 unspecified atom stereocenters. The predicted molar refractivity (Wildman–Crippen MR) is 79.7 cm³/mol. The Bertz CT molecular complexity index is 796. The Labute approximate surface area is 120 Å². The summed E-state index contributed by atoms with van der Waals surface area (Å²) in [6.45, 7) is 6.00. The number of fused-ring (bicyclic) bond motifs is 1. The first-order valence-electron chi connectivity index (χ1n) is 6.12. The monoisotopic (exact) mass is 284 g/mol. The number of hydrogen-bond acceptors (Lipinski definition) is 2. The van der Waals surface area contributed by atoms with Gasteiger partial charge < -0.3 is 5.11 Å². The number of nitrogens with one attached hydrogen (secondary N) is 1. The fourth-order valence-corrected chi connectivity index (χ4v) is 2.00. The average Bonchev–Trinajstić information content (AvgIpc) is 2.92. The standard InChI is InChI=1S/C14H9FN2O2.C2H4/c15-10-3-1-2-8(6-10)13-11-7-9(14(18)19)4-5-12(11)16-17-13;1-2/h1-7H,(H,16,17)(H,18,19);1-2H2.